The van der Waals surface area contributed by atoms with Gasteiger partial charge in [0.1, 0.15) is 13.2 Å². The molecule has 51 heavy (non-hydrogen) atoms. The number of fused-ring (bicyclic) bond motifs is 2. The standard InChI is InChI=1S/C18H21IN2O5.C18H22N2O5/c1-2-3-16(22)25-10-13-9-21(18(24)26-13)12-5-7-15-11(8-12)4-6-14(19)17(23)20-15;1-2-4-17(22)24-11-14-10-20(18(23)25-14)13-7-8-15-12(9-13)5-3-6-16(21)19-15/h5,7-8,13-14H,2-4,6,9-10H2,1H3,(H,20,23);7-9,14H,2-6,10-11H2,1H3,(H,19,21)/t13-,14?;14-/m11/s1. The summed E-state index contributed by atoms with van der Waals surface area (Å²) in [5.41, 5.74) is 5.04. The third-order valence-corrected chi connectivity index (χ3v) is 9.84. The molecule has 2 fully saturated rings. The Morgan fingerprint density at radius 1 is 0.765 bits per heavy atom. The number of aryl methyl sites for hydroxylation is 2. The Morgan fingerprint density at radius 2 is 1.27 bits per heavy atom. The molecule has 0 aromatic heterocycles. The van der Waals surface area contributed by atoms with Gasteiger partial charge in [0, 0.05) is 42.0 Å². The van der Waals surface area contributed by atoms with Crippen LogP contribution in [-0.2, 0) is 51.0 Å². The lowest BCUT2D eigenvalue weighted by molar-refractivity contribution is -0.146. The van der Waals surface area contributed by atoms with Gasteiger partial charge in [-0.1, -0.05) is 36.4 Å². The molecule has 4 heterocycles. The molecule has 4 aliphatic heterocycles. The van der Waals surface area contributed by atoms with E-state index in [9.17, 15) is 28.8 Å². The number of benzene rings is 2. The molecule has 6 rings (SSSR count). The summed E-state index contributed by atoms with van der Waals surface area (Å²) in [6, 6.07) is 11.0. The molecular weight excluding hydrogens is 775 g/mol. The number of amides is 4. The zero-order valence-electron chi connectivity index (χ0n) is 28.7. The molecule has 0 bridgehead atoms. The van der Waals surface area contributed by atoms with E-state index in [2.05, 4.69) is 33.2 Å². The zero-order chi connectivity index (χ0) is 36.5. The van der Waals surface area contributed by atoms with Crippen molar-refractivity contribution in [3.8, 4) is 0 Å². The second-order valence-corrected chi connectivity index (χ2v) is 14.2. The number of nitrogens with one attached hydrogen (secondary N) is 2. The molecule has 14 nitrogen and oxygen atoms in total. The van der Waals surface area contributed by atoms with Gasteiger partial charge in [0.2, 0.25) is 11.8 Å². The Labute approximate surface area is 310 Å². The summed E-state index contributed by atoms with van der Waals surface area (Å²) >= 11 is 2.14. The number of hydrogen-bond acceptors (Lipinski definition) is 10. The van der Waals surface area contributed by atoms with Gasteiger partial charge >= 0.3 is 24.1 Å². The van der Waals surface area contributed by atoms with Crippen LogP contribution in [0.2, 0.25) is 0 Å². The third kappa shape index (κ3) is 10.1. The first-order valence-electron chi connectivity index (χ1n) is 17.3. The van der Waals surface area contributed by atoms with Gasteiger partial charge in [-0.3, -0.25) is 29.0 Å². The lowest BCUT2D eigenvalue weighted by Gasteiger charge is -2.16. The monoisotopic (exact) mass is 818 g/mol. The number of halogens is 1. The number of anilines is 4. The number of carbonyl (C=O) groups is 6. The molecule has 0 spiro atoms. The average molecular weight is 819 g/mol. The van der Waals surface area contributed by atoms with Crippen LogP contribution >= 0.6 is 22.6 Å². The van der Waals surface area contributed by atoms with Gasteiger partial charge in [0.15, 0.2) is 12.2 Å². The first-order valence-corrected chi connectivity index (χ1v) is 18.6. The molecule has 0 radical (unpaired) electrons. The van der Waals surface area contributed by atoms with Crippen LogP contribution < -0.4 is 20.4 Å². The number of rotatable bonds is 10. The Balaban J connectivity index is 0.000000198. The highest BCUT2D eigenvalue weighted by atomic mass is 127. The van der Waals surface area contributed by atoms with Gasteiger partial charge in [-0.2, -0.15) is 0 Å². The predicted molar refractivity (Wildman–Crippen MR) is 196 cm³/mol. The predicted octanol–water partition coefficient (Wildman–Crippen LogP) is 5.67. The van der Waals surface area contributed by atoms with Gasteiger partial charge in [-0.25, -0.2) is 9.59 Å². The van der Waals surface area contributed by atoms with Crippen molar-refractivity contribution in [2.24, 2.45) is 0 Å². The number of ether oxygens (including phenoxy) is 4. The lowest BCUT2D eigenvalue weighted by atomic mass is 10.1. The number of hydrogen-bond donors (Lipinski definition) is 2. The summed E-state index contributed by atoms with van der Waals surface area (Å²) in [5.74, 6) is -0.540. The van der Waals surface area contributed by atoms with Crippen LogP contribution in [0.15, 0.2) is 36.4 Å². The minimum Gasteiger partial charge on any atom is -0.462 e. The maximum absolute atomic E-state index is 12.2. The summed E-state index contributed by atoms with van der Waals surface area (Å²) in [7, 11) is 0. The zero-order valence-corrected chi connectivity index (χ0v) is 30.9. The largest absolute Gasteiger partial charge is 0.462 e. The van der Waals surface area contributed by atoms with Crippen LogP contribution in [-0.4, -0.2) is 78.4 Å². The van der Waals surface area contributed by atoms with Crippen LogP contribution in [0, 0.1) is 0 Å². The van der Waals surface area contributed by atoms with E-state index in [4.69, 9.17) is 18.9 Å². The van der Waals surface area contributed by atoms with E-state index in [1.165, 1.54) is 9.80 Å². The van der Waals surface area contributed by atoms with Crippen LogP contribution in [0.25, 0.3) is 0 Å². The molecule has 1 unspecified atom stereocenters. The minimum absolute atomic E-state index is 0.00615. The topological polar surface area (TPSA) is 170 Å². The number of nitrogens with zero attached hydrogens (tertiary/aromatic N) is 2. The van der Waals surface area contributed by atoms with E-state index in [1.807, 2.05) is 38.1 Å². The SMILES string of the molecule is CCCC(=O)OC[C@H]1CN(c2ccc3c(c2)CCC(I)C(=O)N3)C(=O)O1.CCCC(=O)OC[C@H]1CN(c2ccc3c(c2)CCCC(=O)N3)C(=O)O1. The molecule has 4 amide bonds. The van der Waals surface area contributed by atoms with Crippen molar-refractivity contribution in [1.82, 2.24) is 0 Å². The molecule has 274 valence electrons. The van der Waals surface area contributed by atoms with E-state index < -0.39 is 24.4 Å². The molecule has 2 aromatic carbocycles. The molecule has 0 saturated carbocycles. The maximum atomic E-state index is 12.2. The van der Waals surface area contributed by atoms with Crippen molar-refractivity contribution in [3.63, 3.8) is 0 Å². The normalized spacial score (nSPS) is 21.0. The Morgan fingerprint density at radius 3 is 1.80 bits per heavy atom. The van der Waals surface area contributed by atoms with E-state index >= 15 is 0 Å². The van der Waals surface area contributed by atoms with Gasteiger partial charge < -0.3 is 29.6 Å². The molecule has 4 aliphatic rings. The van der Waals surface area contributed by atoms with Gasteiger partial charge in [0.05, 0.1) is 17.0 Å². The van der Waals surface area contributed by atoms with Gasteiger partial charge in [-0.05, 0) is 86.1 Å². The molecule has 2 aromatic rings. The Bertz CT molecular complexity index is 1650. The van der Waals surface area contributed by atoms with E-state index in [0.717, 1.165) is 72.4 Å². The summed E-state index contributed by atoms with van der Waals surface area (Å²) in [6.07, 6.45) is 3.90. The number of alkyl halides is 1. The summed E-state index contributed by atoms with van der Waals surface area (Å²) in [4.78, 5) is 73.9. The quantitative estimate of drug-likeness (QED) is 0.132. The highest BCUT2D eigenvalue weighted by molar-refractivity contribution is 14.1. The lowest BCUT2D eigenvalue weighted by Crippen LogP contribution is -2.26. The second kappa shape index (κ2) is 17.7. The minimum atomic E-state index is -0.472. The Hall–Kier alpha value is -4.41. The second-order valence-electron chi connectivity index (χ2n) is 12.7. The first kappa shape index (κ1) is 37.8. The summed E-state index contributed by atoms with van der Waals surface area (Å²) in [6.45, 7) is 4.61. The number of esters is 2. The number of cyclic esters (lactones) is 2. The third-order valence-electron chi connectivity index (χ3n) is 8.65. The van der Waals surface area contributed by atoms with E-state index in [-0.39, 0.29) is 40.9 Å². The number of carbonyl (C=O) groups excluding carboxylic acids is 6. The first-order chi connectivity index (χ1) is 24.5. The van der Waals surface area contributed by atoms with Crippen LogP contribution in [0.5, 0.6) is 0 Å². The fourth-order valence-corrected chi connectivity index (χ4v) is 6.46. The van der Waals surface area contributed by atoms with Crippen LogP contribution in [0.1, 0.15) is 69.9 Å². The summed E-state index contributed by atoms with van der Waals surface area (Å²) in [5, 5.41) is 5.79. The molecule has 0 aliphatic carbocycles. The molecule has 3 atom stereocenters. The van der Waals surface area contributed by atoms with Crippen molar-refractivity contribution in [1.29, 1.82) is 0 Å². The maximum Gasteiger partial charge on any atom is 0.414 e. The molecule has 2 N–H and O–H groups in total. The van der Waals surface area contributed by atoms with Crippen molar-refractivity contribution in [3.05, 3.63) is 47.5 Å². The van der Waals surface area contributed by atoms with E-state index in [0.29, 0.717) is 32.4 Å². The molecular formula is C36H43IN4O10. The van der Waals surface area contributed by atoms with Crippen LogP contribution in [0.3, 0.4) is 0 Å². The van der Waals surface area contributed by atoms with Gasteiger partial charge in [-0.15, -0.1) is 0 Å². The smallest absolute Gasteiger partial charge is 0.414 e. The average Bonchev–Trinajstić information content (AvgIpc) is 3.56. The van der Waals surface area contributed by atoms with Gasteiger partial charge in [0.25, 0.3) is 0 Å². The van der Waals surface area contributed by atoms with Crippen LogP contribution in [0.4, 0.5) is 32.3 Å². The van der Waals surface area contributed by atoms with Crippen molar-refractivity contribution >= 4 is 81.3 Å². The van der Waals surface area contributed by atoms with Crippen molar-refractivity contribution in [2.75, 3.05) is 46.7 Å². The molecule has 2 saturated heterocycles. The van der Waals surface area contributed by atoms with Crippen molar-refractivity contribution < 1.29 is 47.7 Å². The van der Waals surface area contributed by atoms with Crippen molar-refractivity contribution in [2.45, 2.75) is 87.8 Å². The fraction of sp³-hybridized carbons (Fsp3) is 0.500. The van der Waals surface area contributed by atoms with E-state index in [1.54, 1.807) is 12.1 Å². The summed E-state index contributed by atoms with van der Waals surface area (Å²) < 4.78 is 20.8. The molecule has 15 heteroatoms. The highest BCUT2D eigenvalue weighted by Gasteiger charge is 2.35. The fourth-order valence-electron chi connectivity index (χ4n) is 5.99. The highest BCUT2D eigenvalue weighted by Crippen LogP contribution is 2.32. The Kier molecular flexibility index (Phi) is 13.1.